The van der Waals surface area contributed by atoms with Gasteiger partial charge in [-0.05, 0) is 25.0 Å². The van der Waals surface area contributed by atoms with Crippen molar-refractivity contribution in [3.8, 4) is 28.6 Å². The molecular weight excluding hydrogens is 398 g/mol. The molecule has 1 aliphatic rings. The summed E-state index contributed by atoms with van der Waals surface area (Å²) >= 11 is 7.32. The van der Waals surface area contributed by atoms with Gasteiger partial charge in [-0.3, -0.25) is 4.57 Å². The number of halogens is 1. The molecule has 1 aromatic heterocycles. The normalized spacial score (nSPS) is 15.1. The number of rotatable bonds is 8. The third kappa shape index (κ3) is 4.41. The molecule has 1 fully saturated rings. The Morgan fingerprint density at radius 1 is 1.07 bits per heavy atom. The maximum Gasteiger partial charge on any atom is 0.203 e. The molecule has 0 amide bonds. The lowest BCUT2D eigenvalue weighted by Gasteiger charge is -2.26. The van der Waals surface area contributed by atoms with Crippen molar-refractivity contribution >= 4 is 23.4 Å². The van der Waals surface area contributed by atoms with Gasteiger partial charge in [-0.1, -0.05) is 48.7 Å². The minimum atomic E-state index is 0.389. The van der Waals surface area contributed by atoms with E-state index in [0.29, 0.717) is 23.3 Å². The average Bonchev–Trinajstić information content (AvgIpc) is 3.17. The second kappa shape index (κ2) is 10.1. The number of hydrogen-bond acceptors (Lipinski definition) is 6. The molecule has 3 rings (SSSR count). The van der Waals surface area contributed by atoms with Gasteiger partial charge < -0.3 is 14.2 Å². The van der Waals surface area contributed by atoms with E-state index in [1.54, 1.807) is 33.1 Å². The van der Waals surface area contributed by atoms with Crippen molar-refractivity contribution in [2.24, 2.45) is 0 Å². The van der Waals surface area contributed by atoms with Crippen LogP contribution in [-0.4, -0.2) is 41.8 Å². The molecule has 1 saturated carbocycles. The van der Waals surface area contributed by atoms with Gasteiger partial charge in [0, 0.05) is 22.9 Å². The van der Waals surface area contributed by atoms with Gasteiger partial charge in [0.05, 0.1) is 21.3 Å². The summed E-state index contributed by atoms with van der Waals surface area (Å²) in [5.74, 6) is 3.36. The molecule has 0 N–H and O–H groups in total. The molecule has 0 atom stereocenters. The second-order valence-corrected chi connectivity index (χ2v) is 7.79. The lowest BCUT2D eigenvalue weighted by Crippen LogP contribution is -2.15. The number of nitrogens with zero attached hydrogens (tertiary/aromatic N) is 3. The van der Waals surface area contributed by atoms with Gasteiger partial charge in [-0.15, -0.1) is 10.2 Å². The molecule has 2 aromatic rings. The van der Waals surface area contributed by atoms with Crippen molar-refractivity contribution in [1.82, 2.24) is 14.8 Å². The van der Waals surface area contributed by atoms with E-state index in [4.69, 9.17) is 25.8 Å². The summed E-state index contributed by atoms with van der Waals surface area (Å²) in [6.45, 7) is 0. The van der Waals surface area contributed by atoms with Crippen LogP contribution in [0.4, 0.5) is 0 Å². The summed E-state index contributed by atoms with van der Waals surface area (Å²) in [6, 6.07) is 4.25. The first kappa shape index (κ1) is 20.9. The minimum absolute atomic E-state index is 0.389. The molecule has 1 aromatic carbocycles. The van der Waals surface area contributed by atoms with E-state index < -0.39 is 0 Å². The van der Waals surface area contributed by atoms with E-state index in [0.717, 1.165) is 35.1 Å². The van der Waals surface area contributed by atoms with E-state index in [9.17, 15) is 0 Å². The van der Waals surface area contributed by atoms with Gasteiger partial charge >= 0.3 is 0 Å². The van der Waals surface area contributed by atoms with Crippen LogP contribution in [0.1, 0.15) is 38.1 Å². The SMILES string of the molecule is COc1cc(-c2nnc(SC/C=C/Cl)n2C2CCCCC2)cc(OC)c1OC. The van der Waals surface area contributed by atoms with Crippen molar-refractivity contribution in [3.63, 3.8) is 0 Å². The summed E-state index contributed by atoms with van der Waals surface area (Å²) in [5, 5.41) is 9.92. The lowest BCUT2D eigenvalue weighted by molar-refractivity contribution is 0.324. The molecule has 6 nitrogen and oxygen atoms in total. The molecule has 1 heterocycles. The summed E-state index contributed by atoms with van der Waals surface area (Å²) in [6.07, 6.45) is 7.91. The Morgan fingerprint density at radius 3 is 2.32 bits per heavy atom. The van der Waals surface area contributed by atoms with Crippen LogP contribution in [0.3, 0.4) is 0 Å². The van der Waals surface area contributed by atoms with E-state index in [-0.39, 0.29) is 0 Å². The molecule has 0 aliphatic heterocycles. The maximum atomic E-state index is 5.68. The van der Waals surface area contributed by atoms with Crippen LogP contribution in [0.5, 0.6) is 17.2 Å². The smallest absolute Gasteiger partial charge is 0.203 e. The van der Waals surface area contributed by atoms with Crippen LogP contribution in [0, 0.1) is 0 Å². The van der Waals surface area contributed by atoms with Gasteiger partial charge in [-0.25, -0.2) is 0 Å². The first-order valence-corrected chi connectivity index (χ1v) is 10.8. The number of hydrogen-bond donors (Lipinski definition) is 0. The highest BCUT2D eigenvalue weighted by Crippen LogP contribution is 2.42. The monoisotopic (exact) mass is 423 g/mol. The topological polar surface area (TPSA) is 58.4 Å². The summed E-state index contributed by atoms with van der Waals surface area (Å²) in [5.41, 5.74) is 2.43. The fourth-order valence-corrected chi connectivity index (χ4v) is 4.62. The van der Waals surface area contributed by atoms with Crippen LogP contribution >= 0.6 is 23.4 Å². The minimum Gasteiger partial charge on any atom is -0.493 e. The molecule has 152 valence electrons. The quantitative estimate of drug-likeness (QED) is 0.535. The Balaban J connectivity index is 2.07. The largest absolute Gasteiger partial charge is 0.493 e. The molecule has 0 spiro atoms. The Bertz CT molecular complexity index is 794. The van der Waals surface area contributed by atoms with Crippen molar-refractivity contribution in [2.75, 3.05) is 27.1 Å². The van der Waals surface area contributed by atoms with Gasteiger partial charge in [0.2, 0.25) is 5.75 Å². The van der Waals surface area contributed by atoms with Crippen LogP contribution in [0.2, 0.25) is 0 Å². The van der Waals surface area contributed by atoms with Gasteiger partial charge in [0.15, 0.2) is 22.5 Å². The number of benzene rings is 1. The highest BCUT2D eigenvalue weighted by atomic mass is 35.5. The highest BCUT2D eigenvalue weighted by Gasteiger charge is 2.25. The molecule has 0 radical (unpaired) electrons. The Morgan fingerprint density at radius 2 is 1.75 bits per heavy atom. The maximum absolute atomic E-state index is 5.68. The number of aromatic nitrogens is 3. The van der Waals surface area contributed by atoms with E-state index in [2.05, 4.69) is 14.8 Å². The predicted octanol–water partition coefficient (Wildman–Crippen LogP) is 5.32. The predicted molar refractivity (Wildman–Crippen MR) is 113 cm³/mol. The molecule has 0 unspecified atom stereocenters. The molecule has 0 saturated heterocycles. The molecule has 8 heteroatoms. The Hall–Kier alpha value is -1.86. The van der Waals surface area contributed by atoms with Crippen molar-refractivity contribution in [3.05, 3.63) is 23.7 Å². The van der Waals surface area contributed by atoms with Crippen LogP contribution < -0.4 is 14.2 Å². The first-order valence-electron chi connectivity index (χ1n) is 9.36. The van der Waals surface area contributed by atoms with E-state index in [1.807, 2.05) is 18.2 Å². The number of thioether (sulfide) groups is 1. The standard InChI is InChI=1S/C20H26ClN3O3S/c1-25-16-12-14(13-17(26-2)18(16)27-3)19-22-23-20(28-11-7-10-21)24(19)15-8-5-4-6-9-15/h7,10,12-13,15H,4-6,8-9,11H2,1-3H3/b10-7+. The second-order valence-electron chi connectivity index (χ2n) is 6.55. The van der Waals surface area contributed by atoms with Gasteiger partial charge in [-0.2, -0.15) is 0 Å². The highest BCUT2D eigenvalue weighted by molar-refractivity contribution is 7.99. The van der Waals surface area contributed by atoms with E-state index in [1.165, 1.54) is 24.8 Å². The van der Waals surface area contributed by atoms with Crippen molar-refractivity contribution < 1.29 is 14.2 Å². The van der Waals surface area contributed by atoms with Crippen LogP contribution in [0.15, 0.2) is 28.9 Å². The summed E-state index contributed by atoms with van der Waals surface area (Å²) in [4.78, 5) is 0. The number of ether oxygens (including phenoxy) is 3. The van der Waals surface area contributed by atoms with E-state index >= 15 is 0 Å². The fourth-order valence-electron chi connectivity index (χ4n) is 3.61. The van der Waals surface area contributed by atoms with Gasteiger partial charge in [0.1, 0.15) is 0 Å². The molecule has 1 aliphatic carbocycles. The summed E-state index contributed by atoms with van der Waals surface area (Å²) in [7, 11) is 4.84. The van der Waals surface area contributed by atoms with Gasteiger partial charge in [0.25, 0.3) is 0 Å². The summed E-state index contributed by atoms with van der Waals surface area (Å²) < 4.78 is 18.8. The fraction of sp³-hybridized carbons (Fsp3) is 0.500. The number of methoxy groups -OCH3 is 3. The zero-order valence-corrected chi connectivity index (χ0v) is 18.1. The third-order valence-electron chi connectivity index (χ3n) is 4.93. The first-order chi connectivity index (χ1) is 13.7. The zero-order chi connectivity index (χ0) is 19.9. The lowest BCUT2D eigenvalue weighted by atomic mass is 9.95. The Labute approximate surface area is 175 Å². The van der Waals surface area contributed by atoms with Crippen molar-refractivity contribution in [2.45, 2.75) is 43.3 Å². The van der Waals surface area contributed by atoms with Crippen LogP contribution in [0.25, 0.3) is 11.4 Å². The van der Waals surface area contributed by atoms with Crippen LogP contribution in [-0.2, 0) is 0 Å². The van der Waals surface area contributed by atoms with Crippen molar-refractivity contribution in [1.29, 1.82) is 0 Å². The Kier molecular flexibility index (Phi) is 7.50. The molecular formula is C20H26ClN3O3S. The molecule has 0 bridgehead atoms. The third-order valence-corrected chi connectivity index (χ3v) is 6.00. The molecule has 28 heavy (non-hydrogen) atoms. The zero-order valence-electron chi connectivity index (χ0n) is 16.5. The average molecular weight is 424 g/mol.